The Morgan fingerprint density at radius 1 is 1.00 bits per heavy atom. The van der Waals surface area contributed by atoms with Gasteiger partial charge >= 0.3 is 6.01 Å². The van der Waals surface area contributed by atoms with Crippen molar-refractivity contribution in [1.29, 1.82) is 0 Å². The zero-order chi connectivity index (χ0) is 19.1. The summed E-state index contributed by atoms with van der Waals surface area (Å²) in [5.41, 5.74) is 2.03. The van der Waals surface area contributed by atoms with Crippen molar-refractivity contribution in [3.63, 3.8) is 0 Å². The molecule has 140 valence electrons. The van der Waals surface area contributed by atoms with E-state index in [9.17, 15) is 4.79 Å². The number of rotatable bonds is 8. The maximum Gasteiger partial charge on any atom is 0.322 e. The number of carbonyl (C=O) groups is 1. The SMILES string of the molecule is CCSc1ccc(Cc2nnc(NC(=O)Cc3ccc(SC)cc3)o2)cc1. The highest BCUT2D eigenvalue weighted by Gasteiger charge is 2.11. The van der Waals surface area contributed by atoms with E-state index in [4.69, 9.17) is 4.42 Å². The van der Waals surface area contributed by atoms with Crippen molar-refractivity contribution in [2.24, 2.45) is 0 Å². The predicted molar refractivity (Wildman–Crippen MR) is 111 cm³/mol. The predicted octanol–water partition coefficient (Wildman–Crippen LogP) is 4.68. The van der Waals surface area contributed by atoms with E-state index in [-0.39, 0.29) is 18.3 Å². The number of anilines is 1. The van der Waals surface area contributed by atoms with Gasteiger partial charge in [0.1, 0.15) is 0 Å². The molecule has 0 unspecified atom stereocenters. The summed E-state index contributed by atoms with van der Waals surface area (Å²) in [5, 5.41) is 10.6. The van der Waals surface area contributed by atoms with Crippen LogP contribution in [0.4, 0.5) is 6.01 Å². The van der Waals surface area contributed by atoms with Gasteiger partial charge in [-0.05, 0) is 47.4 Å². The van der Waals surface area contributed by atoms with E-state index >= 15 is 0 Å². The minimum absolute atomic E-state index is 0.133. The molecule has 1 amide bonds. The molecule has 5 nitrogen and oxygen atoms in total. The quantitative estimate of drug-likeness (QED) is 0.555. The number of thioether (sulfide) groups is 2. The second-order valence-corrected chi connectivity index (χ2v) is 8.04. The number of amides is 1. The van der Waals surface area contributed by atoms with E-state index in [0.29, 0.717) is 12.3 Å². The maximum absolute atomic E-state index is 12.2. The van der Waals surface area contributed by atoms with Crippen LogP contribution in [0.5, 0.6) is 0 Å². The Bertz CT molecular complexity index is 877. The summed E-state index contributed by atoms with van der Waals surface area (Å²) in [6.07, 6.45) is 2.83. The molecule has 3 aromatic rings. The van der Waals surface area contributed by atoms with Gasteiger partial charge in [0.15, 0.2) is 0 Å². The molecule has 1 heterocycles. The van der Waals surface area contributed by atoms with Gasteiger partial charge in [-0.15, -0.1) is 28.6 Å². The second-order valence-electron chi connectivity index (χ2n) is 5.83. The first-order valence-corrected chi connectivity index (χ1v) is 10.8. The number of hydrogen-bond acceptors (Lipinski definition) is 6. The number of nitrogens with one attached hydrogen (secondary N) is 1. The monoisotopic (exact) mass is 399 g/mol. The van der Waals surface area contributed by atoms with Gasteiger partial charge in [-0.2, -0.15) is 0 Å². The van der Waals surface area contributed by atoms with Gasteiger partial charge in [-0.25, -0.2) is 0 Å². The lowest BCUT2D eigenvalue weighted by Crippen LogP contribution is -2.14. The Balaban J connectivity index is 1.54. The highest BCUT2D eigenvalue weighted by molar-refractivity contribution is 7.99. The van der Waals surface area contributed by atoms with Crippen LogP contribution in [-0.2, 0) is 17.6 Å². The first kappa shape index (κ1) is 19.5. The Kier molecular flexibility index (Phi) is 6.95. The van der Waals surface area contributed by atoms with Crippen molar-refractivity contribution >= 4 is 35.4 Å². The van der Waals surface area contributed by atoms with Crippen LogP contribution in [0, 0.1) is 0 Å². The molecule has 0 atom stereocenters. The number of hydrogen-bond donors (Lipinski definition) is 1. The molecule has 7 heteroatoms. The van der Waals surface area contributed by atoms with Crippen LogP contribution in [0.3, 0.4) is 0 Å². The van der Waals surface area contributed by atoms with Crippen molar-refractivity contribution in [3.05, 3.63) is 65.5 Å². The first-order valence-electron chi connectivity index (χ1n) is 8.63. The molecular weight excluding hydrogens is 378 g/mol. The standard InChI is InChI=1S/C20H21N3O2S2/c1-3-27-17-10-6-15(7-11-17)13-19-22-23-20(25-19)21-18(24)12-14-4-8-16(26-2)9-5-14/h4-11H,3,12-13H2,1-2H3,(H,21,23,24). The molecule has 0 bridgehead atoms. The zero-order valence-corrected chi connectivity index (χ0v) is 16.9. The van der Waals surface area contributed by atoms with Crippen LogP contribution < -0.4 is 5.32 Å². The fourth-order valence-corrected chi connectivity index (χ4v) is 3.58. The Morgan fingerprint density at radius 2 is 1.67 bits per heavy atom. The number of aromatic nitrogens is 2. The lowest BCUT2D eigenvalue weighted by Gasteiger charge is -2.02. The molecule has 0 aliphatic rings. The number of carbonyl (C=O) groups excluding carboxylic acids is 1. The van der Waals surface area contributed by atoms with E-state index in [1.54, 1.807) is 23.5 Å². The summed E-state index contributed by atoms with van der Waals surface area (Å²) in [6, 6.07) is 16.3. The van der Waals surface area contributed by atoms with Crippen molar-refractivity contribution in [3.8, 4) is 0 Å². The molecule has 0 saturated heterocycles. The summed E-state index contributed by atoms with van der Waals surface area (Å²) in [4.78, 5) is 14.6. The molecule has 0 radical (unpaired) electrons. The molecule has 1 aromatic heterocycles. The third-order valence-corrected chi connectivity index (χ3v) is 5.46. The van der Waals surface area contributed by atoms with E-state index in [1.165, 1.54) is 9.79 Å². The lowest BCUT2D eigenvalue weighted by molar-refractivity contribution is -0.115. The molecule has 27 heavy (non-hydrogen) atoms. The molecular formula is C20H21N3O2S2. The van der Waals surface area contributed by atoms with Crippen LogP contribution in [0.15, 0.2) is 62.7 Å². The van der Waals surface area contributed by atoms with Gasteiger partial charge in [0.2, 0.25) is 11.8 Å². The van der Waals surface area contributed by atoms with Crippen LogP contribution in [0.1, 0.15) is 23.9 Å². The van der Waals surface area contributed by atoms with Gasteiger partial charge in [0.05, 0.1) is 12.8 Å². The van der Waals surface area contributed by atoms with Gasteiger partial charge in [0, 0.05) is 9.79 Å². The van der Waals surface area contributed by atoms with Gasteiger partial charge in [0.25, 0.3) is 0 Å². The van der Waals surface area contributed by atoms with Crippen molar-refractivity contribution in [2.75, 3.05) is 17.3 Å². The average molecular weight is 400 g/mol. The van der Waals surface area contributed by atoms with Crippen molar-refractivity contribution in [2.45, 2.75) is 29.6 Å². The zero-order valence-electron chi connectivity index (χ0n) is 15.3. The highest BCUT2D eigenvalue weighted by Crippen LogP contribution is 2.19. The molecule has 0 aliphatic carbocycles. The molecule has 1 N–H and O–H groups in total. The van der Waals surface area contributed by atoms with Gasteiger partial charge in [-0.3, -0.25) is 10.1 Å². The fourth-order valence-electron chi connectivity index (χ4n) is 2.51. The number of benzene rings is 2. The molecule has 0 aliphatic heterocycles. The summed E-state index contributed by atoms with van der Waals surface area (Å²) >= 11 is 3.47. The Labute approximate surface area is 167 Å². The van der Waals surface area contributed by atoms with Crippen molar-refractivity contribution < 1.29 is 9.21 Å². The summed E-state index contributed by atoms with van der Waals surface area (Å²) < 4.78 is 5.55. The fraction of sp³-hybridized carbons (Fsp3) is 0.250. The minimum Gasteiger partial charge on any atom is -0.407 e. The van der Waals surface area contributed by atoms with Gasteiger partial charge < -0.3 is 4.42 Å². The molecule has 2 aromatic carbocycles. The smallest absolute Gasteiger partial charge is 0.322 e. The summed E-state index contributed by atoms with van der Waals surface area (Å²) in [7, 11) is 0. The molecule has 0 spiro atoms. The van der Waals surface area contributed by atoms with E-state index in [2.05, 4.69) is 46.7 Å². The van der Waals surface area contributed by atoms with Crippen LogP contribution >= 0.6 is 23.5 Å². The highest BCUT2D eigenvalue weighted by atomic mass is 32.2. The lowest BCUT2D eigenvalue weighted by atomic mass is 10.1. The second kappa shape index (κ2) is 9.62. The maximum atomic E-state index is 12.2. The molecule has 3 rings (SSSR count). The van der Waals surface area contributed by atoms with Crippen molar-refractivity contribution in [1.82, 2.24) is 10.2 Å². The normalized spacial score (nSPS) is 10.7. The van der Waals surface area contributed by atoms with Gasteiger partial charge in [-0.1, -0.05) is 36.3 Å². The average Bonchev–Trinajstić information content (AvgIpc) is 3.11. The summed E-state index contributed by atoms with van der Waals surface area (Å²) in [6.45, 7) is 2.13. The van der Waals surface area contributed by atoms with Crippen LogP contribution in [0.25, 0.3) is 0 Å². The van der Waals surface area contributed by atoms with E-state index in [1.807, 2.05) is 30.5 Å². The third-order valence-electron chi connectivity index (χ3n) is 3.83. The minimum atomic E-state index is -0.178. The summed E-state index contributed by atoms with van der Waals surface area (Å²) in [5.74, 6) is 1.35. The molecule has 0 fully saturated rings. The first-order chi connectivity index (χ1) is 13.2. The topological polar surface area (TPSA) is 68.0 Å². The Hall–Kier alpha value is -2.25. The third kappa shape index (κ3) is 5.87. The Morgan fingerprint density at radius 3 is 2.33 bits per heavy atom. The van der Waals surface area contributed by atoms with E-state index in [0.717, 1.165) is 16.9 Å². The van der Waals surface area contributed by atoms with Crippen LogP contribution in [-0.4, -0.2) is 28.1 Å². The number of nitrogens with zero attached hydrogens (tertiary/aromatic N) is 2. The van der Waals surface area contributed by atoms with Crippen LogP contribution in [0.2, 0.25) is 0 Å². The van der Waals surface area contributed by atoms with E-state index < -0.39 is 0 Å². The largest absolute Gasteiger partial charge is 0.407 e. The molecule has 0 saturated carbocycles.